The molecule has 1 aliphatic carbocycles. The van der Waals surface area contributed by atoms with Crippen LogP contribution in [0.4, 0.5) is 0 Å². The summed E-state index contributed by atoms with van der Waals surface area (Å²) >= 11 is 2.12. The topological polar surface area (TPSA) is 12.0 Å². The summed E-state index contributed by atoms with van der Waals surface area (Å²) in [6.45, 7) is 9.24. The molecule has 3 atom stereocenters. The van der Waals surface area contributed by atoms with E-state index in [1.165, 1.54) is 56.6 Å². The van der Waals surface area contributed by atoms with E-state index in [2.05, 4.69) is 37.8 Å². The molecule has 0 radical (unpaired) electrons. The van der Waals surface area contributed by atoms with E-state index < -0.39 is 0 Å². The van der Waals surface area contributed by atoms with Gasteiger partial charge in [0.05, 0.1) is 0 Å². The third-order valence-electron chi connectivity index (χ3n) is 4.44. The summed E-state index contributed by atoms with van der Waals surface area (Å²) in [5.74, 6) is 5.64. The third kappa shape index (κ3) is 5.97. The molecule has 0 aromatic heterocycles. The average molecular weight is 272 g/mol. The van der Waals surface area contributed by atoms with Crippen LogP contribution in [-0.2, 0) is 0 Å². The minimum absolute atomic E-state index is 0.954. The molecule has 0 spiro atoms. The third-order valence-corrected chi connectivity index (χ3v) is 5.37. The Hall–Kier alpha value is 0.310. The highest BCUT2D eigenvalue weighted by molar-refractivity contribution is 7.99. The summed E-state index contributed by atoms with van der Waals surface area (Å²) in [4.78, 5) is 0. The van der Waals surface area contributed by atoms with Crippen molar-refractivity contribution in [3.63, 3.8) is 0 Å². The van der Waals surface area contributed by atoms with Crippen molar-refractivity contribution in [2.45, 2.75) is 59.3 Å². The zero-order chi connectivity index (χ0) is 13.2. The van der Waals surface area contributed by atoms with Crippen molar-refractivity contribution < 1.29 is 0 Å². The standard InChI is InChI=1S/C16H33NS/c1-4-7-14-8-9-16(13-17-5-2)15(12-14)10-11-18-6-3/h14-17H,4-13H2,1-3H3. The van der Waals surface area contributed by atoms with E-state index in [9.17, 15) is 0 Å². The average Bonchev–Trinajstić information content (AvgIpc) is 2.38. The molecule has 0 heterocycles. The fourth-order valence-corrected chi connectivity index (χ4v) is 4.18. The van der Waals surface area contributed by atoms with Crippen molar-refractivity contribution in [3.05, 3.63) is 0 Å². The van der Waals surface area contributed by atoms with Crippen molar-refractivity contribution in [2.24, 2.45) is 17.8 Å². The van der Waals surface area contributed by atoms with Crippen LogP contribution in [0.15, 0.2) is 0 Å². The molecule has 1 nitrogen and oxygen atoms in total. The molecule has 1 aliphatic rings. The van der Waals surface area contributed by atoms with Gasteiger partial charge < -0.3 is 5.32 Å². The van der Waals surface area contributed by atoms with Gasteiger partial charge in [0.25, 0.3) is 0 Å². The maximum atomic E-state index is 3.58. The Bertz CT molecular complexity index is 196. The molecule has 0 aliphatic heterocycles. The molecule has 1 rings (SSSR count). The van der Waals surface area contributed by atoms with Crippen LogP contribution in [0.5, 0.6) is 0 Å². The molecular formula is C16H33NS. The second-order valence-electron chi connectivity index (χ2n) is 5.78. The van der Waals surface area contributed by atoms with Crippen LogP contribution in [0.1, 0.15) is 59.3 Å². The molecule has 0 amide bonds. The van der Waals surface area contributed by atoms with Gasteiger partial charge in [-0.15, -0.1) is 0 Å². The smallest absolute Gasteiger partial charge is 0.00180 e. The van der Waals surface area contributed by atoms with Crippen LogP contribution in [0.25, 0.3) is 0 Å². The predicted octanol–water partition coefficient (Wildman–Crippen LogP) is 4.57. The van der Waals surface area contributed by atoms with Gasteiger partial charge in [0.2, 0.25) is 0 Å². The first-order chi connectivity index (χ1) is 8.81. The van der Waals surface area contributed by atoms with Crippen molar-refractivity contribution in [3.8, 4) is 0 Å². The molecule has 108 valence electrons. The van der Waals surface area contributed by atoms with Gasteiger partial charge in [-0.1, -0.05) is 40.0 Å². The quantitative estimate of drug-likeness (QED) is 0.616. The molecule has 1 saturated carbocycles. The second kappa shape index (κ2) is 10.1. The monoisotopic (exact) mass is 271 g/mol. The van der Waals surface area contributed by atoms with Crippen LogP contribution in [0.3, 0.4) is 0 Å². The highest BCUT2D eigenvalue weighted by Crippen LogP contribution is 2.38. The molecule has 2 heteroatoms. The van der Waals surface area contributed by atoms with Gasteiger partial charge in [-0.2, -0.15) is 11.8 Å². The zero-order valence-corrected chi connectivity index (χ0v) is 13.5. The lowest BCUT2D eigenvalue weighted by atomic mass is 9.71. The number of hydrogen-bond acceptors (Lipinski definition) is 2. The highest BCUT2D eigenvalue weighted by atomic mass is 32.2. The largest absolute Gasteiger partial charge is 0.317 e. The first-order valence-electron chi connectivity index (χ1n) is 8.10. The van der Waals surface area contributed by atoms with Crippen molar-refractivity contribution in [1.29, 1.82) is 0 Å². The molecule has 3 unspecified atom stereocenters. The summed E-state index contributed by atoms with van der Waals surface area (Å²) in [6.07, 6.45) is 8.76. The van der Waals surface area contributed by atoms with Crippen LogP contribution in [0.2, 0.25) is 0 Å². The maximum absolute atomic E-state index is 3.58. The Kier molecular flexibility index (Phi) is 9.22. The van der Waals surface area contributed by atoms with Crippen LogP contribution < -0.4 is 5.32 Å². The Morgan fingerprint density at radius 2 is 1.89 bits per heavy atom. The molecule has 0 bridgehead atoms. The van der Waals surface area contributed by atoms with Gasteiger partial charge in [-0.05, 0) is 61.6 Å². The number of hydrogen-bond donors (Lipinski definition) is 1. The van der Waals surface area contributed by atoms with E-state index in [1.54, 1.807) is 0 Å². The molecular weight excluding hydrogens is 238 g/mol. The van der Waals surface area contributed by atoms with Crippen LogP contribution >= 0.6 is 11.8 Å². The molecule has 1 N–H and O–H groups in total. The summed E-state index contributed by atoms with van der Waals surface area (Å²) in [5, 5.41) is 3.58. The summed E-state index contributed by atoms with van der Waals surface area (Å²) in [5.41, 5.74) is 0. The van der Waals surface area contributed by atoms with E-state index in [0.29, 0.717) is 0 Å². The predicted molar refractivity (Wildman–Crippen MR) is 85.4 cm³/mol. The van der Waals surface area contributed by atoms with Crippen molar-refractivity contribution >= 4 is 11.8 Å². The van der Waals surface area contributed by atoms with Gasteiger partial charge in [-0.25, -0.2) is 0 Å². The number of rotatable bonds is 9. The maximum Gasteiger partial charge on any atom is -0.00180 e. The fraction of sp³-hybridized carbons (Fsp3) is 1.00. The van der Waals surface area contributed by atoms with Gasteiger partial charge in [0.1, 0.15) is 0 Å². The minimum atomic E-state index is 0.954. The summed E-state index contributed by atoms with van der Waals surface area (Å²) in [7, 11) is 0. The Morgan fingerprint density at radius 1 is 1.06 bits per heavy atom. The summed E-state index contributed by atoms with van der Waals surface area (Å²) < 4.78 is 0. The van der Waals surface area contributed by atoms with E-state index in [-0.39, 0.29) is 0 Å². The summed E-state index contributed by atoms with van der Waals surface area (Å²) in [6, 6.07) is 0. The second-order valence-corrected chi connectivity index (χ2v) is 7.18. The van der Waals surface area contributed by atoms with Gasteiger partial charge in [0, 0.05) is 0 Å². The molecule has 0 saturated heterocycles. The zero-order valence-electron chi connectivity index (χ0n) is 12.7. The lowest BCUT2D eigenvalue weighted by Crippen LogP contribution is -2.33. The molecule has 0 aromatic carbocycles. The Labute approximate surface area is 119 Å². The fourth-order valence-electron chi connectivity index (χ4n) is 3.43. The van der Waals surface area contributed by atoms with Gasteiger partial charge in [0.15, 0.2) is 0 Å². The van der Waals surface area contributed by atoms with Crippen molar-refractivity contribution in [1.82, 2.24) is 5.32 Å². The molecule has 0 aromatic rings. The van der Waals surface area contributed by atoms with Crippen molar-refractivity contribution in [2.75, 3.05) is 24.6 Å². The van der Waals surface area contributed by atoms with E-state index >= 15 is 0 Å². The van der Waals surface area contributed by atoms with Gasteiger partial charge >= 0.3 is 0 Å². The SMILES string of the molecule is CCCC1CCC(CNCC)C(CCSCC)C1. The first-order valence-corrected chi connectivity index (χ1v) is 9.25. The van der Waals surface area contributed by atoms with Crippen LogP contribution in [-0.4, -0.2) is 24.6 Å². The first kappa shape index (κ1) is 16.4. The van der Waals surface area contributed by atoms with E-state index in [0.717, 1.165) is 24.3 Å². The lowest BCUT2D eigenvalue weighted by Gasteiger charge is -2.36. The van der Waals surface area contributed by atoms with E-state index in [1.807, 2.05) is 0 Å². The minimum Gasteiger partial charge on any atom is -0.317 e. The highest BCUT2D eigenvalue weighted by Gasteiger charge is 2.29. The Morgan fingerprint density at radius 3 is 2.56 bits per heavy atom. The van der Waals surface area contributed by atoms with Crippen LogP contribution in [0, 0.1) is 17.8 Å². The Balaban J connectivity index is 2.38. The lowest BCUT2D eigenvalue weighted by molar-refractivity contribution is 0.165. The van der Waals surface area contributed by atoms with Gasteiger partial charge in [-0.3, -0.25) is 0 Å². The molecule has 1 fully saturated rings. The number of nitrogens with one attached hydrogen (secondary N) is 1. The number of thioether (sulfide) groups is 1. The normalized spacial score (nSPS) is 28.5. The molecule has 18 heavy (non-hydrogen) atoms. The van der Waals surface area contributed by atoms with E-state index in [4.69, 9.17) is 0 Å².